The molecule has 2 heterocycles. The van der Waals surface area contributed by atoms with Crippen LogP contribution in [0.4, 0.5) is 13.2 Å². The number of carboxylic acids is 1. The molecule has 2 aromatic rings. The molecule has 10 heteroatoms. The zero-order chi connectivity index (χ0) is 23.6. The van der Waals surface area contributed by atoms with Crippen molar-refractivity contribution in [2.45, 2.75) is 31.2 Å². The summed E-state index contributed by atoms with van der Waals surface area (Å²) in [4.78, 5) is 27.8. The average Bonchev–Trinajstić information content (AvgIpc) is 3.17. The maximum absolute atomic E-state index is 12.9. The van der Waals surface area contributed by atoms with Gasteiger partial charge in [0.1, 0.15) is 0 Å². The Bertz CT molecular complexity index is 850. The molecule has 0 spiro atoms. The molecule has 2 atom stereocenters. The first kappa shape index (κ1) is 25.3. The van der Waals surface area contributed by atoms with Gasteiger partial charge in [-0.05, 0) is 30.5 Å². The summed E-state index contributed by atoms with van der Waals surface area (Å²) < 4.78 is 42.8. The van der Waals surface area contributed by atoms with Gasteiger partial charge in [-0.1, -0.05) is 30.3 Å². The lowest BCUT2D eigenvalue weighted by molar-refractivity contribution is -0.192. The first-order valence-corrected chi connectivity index (χ1v) is 9.89. The lowest BCUT2D eigenvalue weighted by atomic mass is 10.0. The number of alkyl halides is 3. The first-order chi connectivity index (χ1) is 15.2. The molecule has 1 aromatic carbocycles. The number of methoxy groups -OCH3 is 1. The van der Waals surface area contributed by atoms with Crippen LogP contribution >= 0.6 is 0 Å². The summed E-state index contributed by atoms with van der Waals surface area (Å²) in [5, 5.41) is 7.12. The number of benzene rings is 1. The summed E-state index contributed by atoms with van der Waals surface area (Å²) >= 11 is 0. The van der Waals surface area contributed by atoms with Crippen molar-refractivity contribution in [1.29, 1.82) is 0 Å². The van der Waals surface area contributed by atoms with E-state index >= 15 is 0 Å². The monoisotopic (exact) mass is 454 g/mol. The SMILES string of the molecule is COCCO[C@@H]1CCN(C(=O)c2cccnc2)[C@H]1Cc1ccccc1.O=C(O)C(F)(F)F. The molecule has 7 nitrogen and oxygen atoms in total. The number of halogens is 3. The lowest BCUT2D eigenvalue weighted by Crippen LogP contribution is -2.42. The molecule has 174 valence electrons. The van der Waals surface area contributed by atoms with Crippen LogP contribution in [0.3, 0.4) is 0 Å². The van der Waals surface area contributed by atoms with Crippen LogP contribution < -0.4 is 0 Å². The third-order valence-corrected chi connectivity index (χ3v) is 4.80. The van der Waals surface area contributed by atoms with Crippen molar-refractivity contribution in [2.24, 2.45) is 0 Å². The van der Waals surface area contributed by atoms with Crippen LogP contribution in [0.5, 0.6) is 0 Å². The molecule has 1 saturated heterocycles. The van der Waals surface area contributed by atoms with E-state index in [0.717, 1.165) is 12.8 Å². The van der Waals surface area contributed by atoms with Crippen molar-refractivity contribution in [2.75, 3.05) is 26.9 Å². The fourth-order valence-corrected chi connectivity index (χ4v) is 3.31. The average molecular weight is 454 g/mol. The lowest BCUT2D eigenvalue weighted by Gasteiger charge is -2.28. The van der Waals surface area contributed by atoms with Crippen LogP contribution in [0.15, 0.2) is 54.9 Å². The topological polar surface area (TPSA) is 89.0 Å². The third-order valence-electron chi connectivity index (χ3n) is 4.80. The maximum atomic E-state index is 12.9. The van der Waals surface area contributed by atoms with Gasteiger partial charge in [0, 0.05) is 26.0 Å². The first-order valence-electron chi connectivity index (χ1n) is 9.89. The van der Waals surface area contributed by atoms with E-state index in [-0.39, 0.29) is 18.1 Å². The van der Waals surface area contributed by atoms with E-state index in [1.54, 1.807) is 25.6 Å². The molecule has 1 aromatic heterocycles. The molecule has 1 fully saturated rings. The van der Waals surface area contributed by atoms with Crippen molar-refractivity contribution >= 4 is 11.9 Å². The minimum Gasteiger partial charge on any atom is -0.475 e. The number of hydrogen-bond donors (Lipinski definition) is 1. The van der Waals surface area contributed by atoms with E-state index in [1.165, 1.54) is 5.56 Å². The maximum Gasteiger partial charge on any atom is 0.490 e. The minimum atomic E-state index is -5.08. The Labute approximate surface area is 183 Å². The second-order valence-corrected chi connectivity index (χ2v) is 6.99. The van der Waals surface area contributed by atoms with E-state index in [0.29, 0.717) is 25.3 Å². The number of amides is 1. The quantitative estimate of drug-likeness (QED) is 0.647. The van der Waals surface area contributed by atoms with E-state index < -0.39 is 12.1 Å². The molecule has 1 aliphatic rings. The molecule has 0 radical (unpaired) electrons. The number of nitrogens with zero attached hydrogens (tertiary/aromatic N) is 2. The molecule has 1 N–H and O–H groups in total. The molecule has 0 bridgehead atoms. The highest BCUT2D eigenvalue weighted by atomic mass is 19.4. The van der Waals surface area contributed by atoms with Crippen molar-refractivity contribution in [3.8, 4) is 0 Å². The smallest absolute Gasteiger partial charge is 0.475 e. The fraction of sp³-hybridized carbons (Fsp3) is 0.409. The van der Waals surface area contributed by atoms with Crippen LogP contribution in [0.1, 0.15) is 22.3 Å². The Hall–Kier alpha value is -2.98. The van der Waals surface area contributed by atoms with Crippen LogP contribution in [0.25, 0.3) is 0 Å². The van der Waals surface area contributed by atoms with Crippen LogP contribution in [0, 0.1) is 0 Å². The zero-order valence-corrected chi connectivity index (χ0v) is 17.5. The summed E-state index contributed by atoms with van der Waals surface area (Å²) in [5.41, 5.74) is 1.83. The summed E-state index contributed by atoms with van der Waals surface area (Å²) in [6.07, 6.45) is -0.131. The number of hydrogen-bond acceptors (Lipinski definition) is 5. The molecule has 1 amide bonds. The molecule has 3 rings (SSSR count). The van der Waals surface area contributed by atoms with Gasteiger partial charge in [0.05, 0.1) is 30.9 Å². The highest BCUT2D eigenvalue weighted by Crippen LogP contribution is 2.26. The second-order valence-electron chi connectivity index (χ2n) is 6.99. The van der Waals surface area contributed by atoms with E-state index in [1.807, 2.05) is 29.2 Å². The molecule has 32 heavy (non-hydrogen) atoms. The van der Waals surface area contributed by atoms with Gasteiger partial charge in [-0.3, -0.25) is 9.78 Å². The van der Waals surface area contributed by atoms with Gasteiger partial charge in [-0.25, -0.2) is 4.79 Å². The van der Waals surface area contributed by atoms with Crippen molar-refractivity contribution in [3.05, 3.63) is 66.0 Å². The third kappa shape index (κ3) is 7.61. The van der Waals surface area contributed by atoms with Gasteiger partial charge in [-0.15, -0.1) is 0 Å². The molecule has 0 saturated carbocycles. The zero-order valence-electron chi connectivity index (χ0n) is 17.5. The number of carbonyl (C=O) groups is 2. The number of likely N-dealkylation sites (tertiary alicyclic amines) is 1. The number of carboxylic acid groups (broad SMARTS) is 1. The van der Waals surface area contributed by atoms with E-state index in [9.17, 15) is 18.0 Å². The highest BCUT2D eigenvalue weighted by molar-refractivity contribution is 5.94. The second kappa shape index (κ2) is 12.2. The van der Waals surface area contributed by atoms with Gasteiger partial charge in [0.25, 0.3) is 5.91 Å². The molecule has 0 unspecified atom stereocenters. The Morgan fingerprint density at radius 3 is 2.41 bits per heavy atom. The number of aromatic nitrogens is 1. The number of carbonyl (C=O) groups excluding carboxylic acids is 1. The van der Waals surface area contributed by atoms with Gasteiger partial charge >= 0.3 is 12.1 Å². The highest BCUT2D eigenvalue weighted by Gasteiger charge is 2.39. The van der Waals surface area contributed by atoms with Gasteiger partial charge in [0.15, 0.2) is 0 Å². The van der Waals surface area contributed by atoms with Crippen LogP contribution in [0.2, 0.25) is 0 Å². The van der Waals surface area contributed by atoms with Crippen LogP contribution in [-0.2, 0) is 20.7 Å². The summed E-state index contributed by atoms with van der Waals surface area (Å²) in [5.74, 6) is -2.74. The Balaban J connectivity index is 0.000000451. The molecular weight excluding hydrogens is 429 g/mol. The summed E-state index contributed by atoms with van der Waals surface area (Å²) in [7, 11) is 1.66. The Morgan fingerprint density at radius 2 is 1.84 bits per heavy atom. The number of pyridine rings is 1. The van der Waals surface area contributed by atoms with Gasteiger partial charge in [-0.2, -0.15) is 13.2 Å². The van der Waals surface area contributed by atoms with Crippen molar-refractivity contribution < 1.29 is 37.3 Å². The number of ether oxygens (including phenoxy) is 2. The predicted molar refractivity (Wildman–Crippen MR) is 109 cm³/mol. The molecule has 0 aliphatic carbocycles. The molecule has 1 aliphatic heterocycles. The number of aliphatic carboxylic acids is 1. The number of rotatable bonds is 7. The normalized spacial score (nSPS) is 18.1. The van der Waals surface area contributed by atoms with Gasteiger partial charge < -0.3 is 19.5 Å². The summed E-state index contributed by atoms with van der Waals surface area (Å²) in [6.45, 7) is 1.80. The van der Waals surface area contributed by atoms with Crippen molar-refractivity contribution in [1.82, 2.24) is 9.88 Å². The van der Waals surface area contributed by atoms with Crippen molar-refractivity contribution in [3.63, 3.8) is 0 Å². The Morgan fingerprint density at radius 1 is 1.16 bits per heavy atom. The summed E-state index contributed by atoms with van der Waals surface area (Å²) in [6, 6.07) is 13.9. The standard InChI is InChI=1S/C20H24N2O3.C2HF3O2/c1-24-12-13-25-19-9-11-22(20(23)17-8-5-10-21-15-17)18(19)14-16-6-3-2-4-7-16;3-2(4,5)1(6)7/h2-8,10,15,18-19H,9,11-14H2,1H3;(H,6,7)/t18-,19+;/m0./s1. The minimum absolute atomic E-state index is 0.0203. The van der Waals surface area contributed by atoms with Gasteiger partial charge in [0.2, 0.25) is 0 Å². The predicted octanol–water partition coefficient (Wildman–Crippen LogP) is 3.20. The van der Waals surface area contributed by atoms with E-state index in [2.05, 4.69) is 17.1 Å². The van der Waals surface area contributed by atoms with E-state index in [4.69, 9.17) is 19.4 Å². The largest absolute Gasteiger partial charge is 0.490 e. The molecular formula is C22H25F3N2O5. The Kier molecular flexibility index (Phi) is 9.61. The van der Waals surface area contributed by atoms with Crippen LogP contribution in [-0.4, -0.2) is 72.1 Å². The fourth-order valence-electron chi connectivity index (χ4n) is 3.31.